The van der Waals surface area contributed by atoms with Gasteiger partial charge >= 0.3 is 5.97 Å². The summed E-state index contributed by atoms with van der Waals surface area (Å²) in [4.78, 5) is 12.1. The molecule has 4 heteroatoms. The SMILES string of the molecule is C=C1C2CC(O)[C@H]3[C@@](CC[C@@H]4[C@@]3(C)CCC[C@@]4(C)C(=O)O)(C2)C1O. The van der Waals surface area contributed by atoms with E-state index in [1.165, 1.54) is 0 Å². The average molecular weight is 334 g/mol. The molecule has 0 aliphatic heterocycles. The van der Waals surface area contributed by atoms with Gasteiger partial charge in [0.1, 0.15) is 0 Å². The second kappa shape index (κ2) is 4.85. The van der Waals surface area contributed by atoms with Crippen LogP contribution >= 0.6 is 0 Å². The molecule has 0 radical (unpaired) electrons. The lowest BCUT2D eigenvalue weighted by molar-refractivity contribution is -0.212. The average Bonchev–Trinajstić information content (AvgIpc) is 2.68. The normalized spacial score (nSPS) is 56.5. The van der Waals surface area contributed by atoms with Gasteiger partial charge in [0.15, 0.2) is 0 Å². The topological polar surface area (TPSA) is 77.8 Å². The summed E-state index contributed by atoms with van der Waals surface area (Å²) in [5.74, 6) is -0.429. The number of fused-ring (bicyclic) bond motifs is 3. The minimum atomic E-state index is -0.717. The molecule has 0 amide bonds. The molecule has 4 rings (SSSR count). The smallest absolute Gasteiger partial charge is 0.309 e. The van der Waals surface area contributed by atoms with Gasteiger partial charge in [0.05, 0.1) is 17.6 Å². The fourth-order valence-corrected chi connectivity index (χ4v) is 7.73. The molecule has 0 aromatic heterocycles. The Balaban J connectivity index is 1.82. The molecule has 3 unspecified atom stereocenters. The molecule has 24 heavy (non-hydrogen) atoms. The lowest BCUT2D eigenvalue weighted by atomic mass is 9.40. The lowest BCUT2D eigenvalue weighted by Gasteiger charge is -2.64. The molecule has 4 fully saturated rings. The molecule has 8 atom stereocenters. The number of hydrogen-bond donors (Lipinski definition) is 3. The van der Waals surface area contributed by atoms with Gasteiger partial charge in [-0.25, -0.2) is 0 Å². The van der Waals surface area contributed by atoms with Crippen LogP contribution in [-0.4, -0.2) is 33.5 Å². The Morgan fingerprint density at radius 1 is 1.21 bits per heavy atom. The highest BCUT2D eigenvalue weighted by Crippen LogP contribution is 2.72. The van der Waals surface area contributed by atoms with Gasteiger partial charge in [0.2, 0.25) is 0 Å². The van der Waals surface area contributed by atoms with Crippen molar-refractivity contribution in [2.45, 2.75) is 71.0 Å². The van der Waals surface area contributed by atoms with E-state index in [0.717, 1.165) is 44.1 Å². The second-order valence-corrected chi connectivity index (χ2v) is 9.57. The van der Waals surface area contributed by atoms with Crippen molar-refractivity contribution in [3.63, 3.8) is 0 Å². The van der Waals surface area contributed by atoms with Crippen molar-refractivity contribution >= 4 is 5.97 Å². The van der Waals surface area contributed by atoms with Crippen LogP contribution in [0.3, 0.4) is 0 Å². The molecule has 134 valence electrons. The second-order valence-electron chi connectivity index (χ2n) is 9.57. The summed E-state index contributed by atoms with van der Waals surface area (Å²) < 4.78 is 0. The third-order valence-electron chi connectivity index (χ3n) is 8.65. The van der Waals surface area contributed by atoms with Crippen LogP contribution in [0.25, 0.3) is 0 Å². The molecular formula is C20H30O4. The highest BCUT2D eigenvalue weighted by Gasteiger charge is 2.69. The van der Waals surface area contributed by atoms with Crippen molar-refractivity contribution < 1.29 is 20.1 Å². The zero-order valence-electron chi connectivity index (χ0n) is 14.8. The maximum atomic E-state index is 12.1. The van der Waals surface area contributed by atoms with E-state index in [1.807, 2.05) is 6.92 Å². The Morgan fingerprint density at radius 3 is 2.58 bits per heavy atom. The maximum absolute atomic E-state index is 12.1. The number of aliphatic carboxylic acids is 1. The van der Waals surface area contributed by atoms with E-state index in [-0.39, 0.29) is 28.6 Å². The molecule has 0 aromatic carbocycles. The number of carboxylic acid groups (broad SMARTS) is 1. The Labute approximate surface area is 144 Å². The number of carboxylic acids is 1. The Kier molecular flexibility index (Phi) is 3.35. The molecule has 0 heterocycles. The molecule has 4 aliphatic rings. The summed E-state index contributed by atoms with van der Waals surface area (Å²) in [7, 11) is 0. The summed E-state index contributed by atoms with van der Waals surface area (Å²) in [6, 6.07) is 0. The number of carbonyl (C=O) groups is 1. The molecule has 1 spiro atoms. The minimum absolute atomic E-state index is 0.0202. The predicted molar refractivity (Wildman–Crippen MR) is 90.2 cm³/mol. The van der Waals surface area contributed by atoms with Gasteiger partial charge in [-0.05, 0) is 74.2 Å². The van der Waals surface area contributed by atoms with Crippen molar-refractivity contribution in [3.05, 3.63) is 12.2 Å². The maximum Gasteiger partial charge on any atom is 0.309 e. The highest BCUT2D eigenvalue weighted by molar-refractivity contribution is 5.75. The Morgan fingerprint density at radius 2 is 1.92 bits per heavy atom. The van der Waals surface area contributed by atoms with Gasteiger partial charge in [-0.3, -0.25) is 4.79 Å². The van der Waals surface area contributed by atoms with Gasteiger partial charge < -0.3 is 15.3 Å². The molecule has 2 bridgehead atoms. The Hall–Kier alpha value is -0.870. The van der Waals surface area contributed by atoms with E-state index < -0.39 is 23.6 Å². The number of aliphatic hydroxyl groups excluding tert-OH is 2. The van der Waals surface area contributed by atoms with Gasteiger partial charge in [-0.15, -0.1) is 0 Å². The van der Waals surface area contributed by atoms with E-state index in [4.69, 9.17) is 0 Å². The van der Waals surface area contributed by atoms with E-state index in [9.17, 15) is 20.1 Å². The van der Waals surface area contributed by atoms with E-state index in [0.29, 0.717) is 6.42 Å². The van der Waals surface area contributed by atoms with Crippen molar-refractivity contribution in [3.8, 4) is 0 Å². The first kappa shape index (κ1) is 16.6. The first-order valence-corrected chi connectivity index (χ1v) is 9.45. The van der Waals surface area contributed by atoms with Crippen LogP contribution in [0.4, 0.5) is 0 Å². The van der Waals surface area contributed by atoms with E-state index >= 15 is 0 Å². The molecular weight excluding hydrogens is 304 g/mol. The quantitative estimate of drug-likeness (QED) is 0.644. The van der Waals surface area contributed by atoms with Crippen molar-refractivity contribution in [1.29, 1.82) is 0 Å². The van der Waals surface area contributed by atoms with Gasteiger partial charge in [0, 0.05) is 5.41 Å². The number of rotatable bonds is 1. The first-order valence-electron chi connectivity index (χ1n) is 9.45. The van der Waals surface area contributed by atoms with Crippen LogP contribution < -0.4 is 0 Å². The van der Waals surface area contributed by atoms with Crippen molar-refractivity contribution in [1.82, 2.24) is 0 Å². The summed E-state index contributed by atoms with van der Waals surface area (Å²) in [5, 5.41) is 31.9. The van der Waals surface area contributed by atoms with Gasteiger partial charge in [-0.1, -0.05) is 19.9 Å². The summed E-state index contributed by atoms with van der Waals surface area (Å²) in [6.45, 7) is 8.22. The van der Waals surface area contributed by atoms with Crippen LogP contribution in [0.15, 0.2) is 12.2 Å². The van der Waals surface area contributed by atoms with Crippen LogP contribution in [0.5, 0.6) is 0 Å². The van der Waals surface area contributed by atoms with E-state index in [2.05, 4.69) is 13.5 Å². The largest absolute Gasteiger partial charge is 0.481 e. The number of aliphatic hydroxyl groups is 2. The van der Waals surface area contributed by atoms with Crippen molar-refractivity contribution in [2.75, 3.05) is 0 Å². The molecule has 4 saturated carbocycles. The first-order chi connectivity index (χ1) is 11.2. The monoisotopic (exact) mass is 334 g/mol. The lowest BCUT2D eigenvalue weighted by Crippen LogP contribution is -2.63. The number of hydrogen-bond acceptors (Lipinski definition) is 3. The summed E-state index contributed by atoms with van der Waals surface area (Å²) in [5.41, 5.74) is -0.331. The van der Waals surface area contributed by atoms with Crippen LogP contribution in [-0.2, 0) is 4.79 Å². The standard InChI is InChI=1S/C20H30O4/c1-11-12-9-13(21)15-18(2)6-4-7-19(3,17(23)24)14(18)5-8-20(15,10-12)16(11)22/h12-16,21-22H,1,4-10H2,2-3H3,(H,23,24)/t12?,13?,14-,15-,16?,18-,19-,20-/m1/s1. The van der Waals surface area contributed by atoms with Crippen LogP contribution in [0.2, 0.25) is 0 Å². The van der Waals surface area contributed by atoms with Crippen LogP contribution in [0, 0.1) is 34.0 Å². The fraction of sp³-hybridized carbons (Fsp3) is 0.850. The minimum Gasteiger partial charge on any atom is -0.481 e. The van der Waals surface area contributed by atoms with Gasteiger partial charge in [-0.2, -0.15) is 0 Å². The molecule has 4 aliphatic carbocycles. The van der Waals surface area contributed by atoms with Crippen LogP contribution in [0.1, 0.15) is 58.8 Å². The third kappa shape index (κ3) is 1.74. The molecule has 4 nitrogen and oxygen atoms in total. The predicted octanol–water partition coefficient (Wildman–Crippen LogP) is 2.98. The Bertz CT molecular complexity index is 600. The highest BCUT2D eigenvalue weighted by atomic mass is 16.4. The van der Waals surface area contributed by atoms with Crippen molar-refractivity contribution in [2.24, 2.45) is 34.0 Å². The molecule has 0 saturated heterocycles. The molecule has 0 aromatic rings. The zero-order chi connectivity index (χ0) is 17.5. The third-order valence-corrected chi connectivity index (χ3v) is 8.65. The summed E-state index contributed by atoms with van der Waals surface area (Å²) >= 11 is 0. The molecule has 3 N–H and O–H groups in total. The van der Waals surface area contributed by atoms with E-state index in [1.54, 1.807) is 0 Å². The fourth-order valence-electron chi connectivity index (χ4n) is 7.73. The zero-order valence-corrected chi connectivity index (χ0v) is 14.8. The summed E-state index contributed by atoms with van der Waals surface area (Å²) in [6.07, 6.45) is 4.80. The van der Waals surface area contributed by atoms with Gasteiger partial charge in [0.25, 0.3) is 0 Å².